The minimum Gasteiger partial charge on any atom is -0.504 e. The monoisotopic (exact) mass is 219 g/mol. The first-order chi connectivity index (χ1) is 7.58. The van der Waals surface area contributed by atoms with Crippen LogP contribution < -0.4 is 5.56 Å². The van der Waals surface area contributed by atoms with Crippen LogP contribution in [0, 0.1) is 0 Å². The van der Waals surface area contributed by atoms with E-state index in [1.165, 1.54) is 30.3 Å². The molecule has 1 heterocycles. The molecule has 5 heteroatoms. The van der Waals surface area contributed by atoms with E-state index in [0.717, 1.165) is 0 Å². The molecule has 0 aliphatic heterocycles. The van der Waals surface area contributed by atoms with Crippen LogP contribution in [-0.2, 0) is 0 Å². The summed E-state index contributed by atoms with van der Waals surface area (Å²) in [6.07, 6.45) is 0. The Labute approximate surface area is 90.3 Å². The van der Waals surface area contributed by atoms with Gasteiger partial charge in [-0.15, -0.1) is 0 Å². The van der Waals surface area contributed by atoms with E-state index in [-0.39, 0.29) is 17.2 Å². The highest BCUT2D eigenvalue weighted by Gasteiger charge is 2.05. The average molecular weight is 219 g/mol. The van der Waals surface area contributed by atoms with Gasteiger partial charge in [0.05, 0.1) is 0 Å². The van der Waals surface area contributed by atoms with Gasteiger partial charge in [0.15, 0.2) is 17.2 Å². The largest absolute Gasteiger partial charge is 0.504 e. The maximum Gasteiger partial charge on any atom is 0.290 e. The predicted octanol–water partition coefficient (Wildman–Crippen LogP) is 1.16. The standard InChI is InChI=1S/C11H9NO4/c13-8-3-1-6(5-10(8)15)7-2-4-9(14)11(16)12-7/h1-5,13-15H,(H,12,16). The van der Waals surface area contributed by atoms with E-state index in [1.807, 2.05) is 0 Å². The third-order valence-corrected chi connectivity index (χ3v) is 2.18. The Bertz CT molecular complexity index is 589. The van der Waals surface area contributed by atoms with E-state index in [9.17, 15) is 9.90 Å². The quantitative estimate of drug-likeness (QED) is 0.541. The predicted molar refractivity (Wildman–Crippen MR) is 57.5 cm³/mol. The lowest BCUT2D eigenvalue weighted by atomic mass is 10.1. The fourth-order valence-corrected chi connectivity index (χ4v) is 1.33. The van der Waals surface area contributed by atoms with Gasteiger partial charge in [0, 0.05) is 11.3 Å². The minimum absolute atomic E-state index is 0.232. The molecule has 0 aliphatic rings. The number of phenols is 2. The Hall–Kier alpha value is -2.43. The molecule has 16 heavy (non-hydrogen) atoms. The molecule has 1 aromatic carbocycles. The van der Waals surface area contributed by atoms with E-state index < -0.39 is 5.56 Å². The molecule has 82 valence electrons. The van der Waals surface area contributed by atoms with Crippen molar-refractivity contribution in [1.82, 2.24) is 4.98 Å². The molecule has 4 N–H and O–H groups in total. The average Bonchev–Trinajstić information content (AvgIpc) is 2.26. The van der Waals surface area contributed by atoms with Crippen LogP contribution in [0.25, 0.3) is 11.3 Å². The van der Waals surface area contributed by atoms with Crippen molar-refractivity contribution in [3.05, 3.63) is 40.7 Å². The van der Waals surface area contributed by atoms with Crippen molar-refractivity contribution in [3.63, 3.8) is 0 Å². The van der Waals surface area contributed by atoms with Crippen molar-refractivity contribution in [1.29, 1.82) is 0 Å². The lowest BCUT2D eigenvalue weighted by Crippen LogP contribution is -2.05. The first-order valence-electron chi connectivity index (χ1n) is 4.52. The number of hydrogen-bond acceptors (Lipinski definition) is 4. The summed E-state index contributed by atoms with van der Waals surface area (Å²) in [6, 6.07) is 6.94. The normalized spacial score (nSPS) is 10.2. The number of rotatable bonds is 1. The second-order valence-electron chi connectivity index (χ2n) is 3.29. The minimum atomic E-state index is -0.606. The number of nitrogens with one attached hydrogen (secondary N) is 1. The molecule has 0 unspecified atom stereocenters. The van der Waals surface area contributed by atoms with Gasteiger partial charge in [0.2, 0.25) is 0 Å². The Morgan fingerprint density at radius 1 is 0.875 bits per heavy atom. The molecule has 0 radical (unpaired) electrons. The van der Waals surface area contributed by atoms with Crippen LogP contribution in [-0.4, -0.2) is 20.3 Å². The van der Waals surface area contributed by atoms with Gasteiger partial charge in [-0.3, -0.25) is 4.79 Å². The maximum absolute atomic E-state index is 11.1. The van der Waals surface area contributed by atoms with Gasteiger partial charge in [-0.1, -0.05) is 0 Å². The Balaban J connectivity index is 2.55. The molecule has 0 saturated carbocycles. The Morgan fingerprint density at radius 3 is 2.19 bits per heavy atom. The summed E-state index contributed by atoms with van der Waals surface area (Å²) in [5.74, 6) is -0.872. The third-order valence-electron chi connectivity index (χ3n) is 2.18. The fraction of sp³-hybridized carbons (Fsp3) is 0. The van der Waals surface area contributed by atoms with Crippen LogP contribution in [0.2, 0.25) is 0 Å². The van der Waals surface area contributed by atoms with Gasteiger partial charge in [-0.2, -0.15) is 0 Å². The summed E-state index contributed by atoms with van der Waals surface area (Å²) in [5, 5.41) is 27.5. The molecule has 0 atom stereocenters. The zero-order valence-corrected chi connectivity index (χ0v) is 8.14. The highest BCUT2D eigenvalue weighted by Crippen LogP contribution is 2.29. The van der Waals surface area contributed by atoms with Crippen molar-refractivity contribution in [2.24, 2.45) is 0 Å². The molecule has 5 nitrogen and oxygen atoms in total. The first-order valence-corrected chi connectivity index (χ1v) is 4.52. The lowest BCUT2D eigenvalue weighted by Gasteiger charge is -2.03. The number of hydrogen-bond donors (Lipinski definition) is 4. The molecule has 0 amide bonds. The SMILES string of the molecule is O=c1[nH]c(-c2ccc(O)c(O)c2)ccc1O. The Kier molecular flexibility index (Phi) is 2.28. The molecule has 0 bridgehead atoms. The summed E-state index contributed by atoms with van der Waals surface area (Å²) >= 11 is 0. The van der Waals surface area contributed by atoms with Crippen LogP contribution >= 0.6 is 0 Å². The molecule has 2 rings (SSSR count). The molecule has 1 aromatic heterocycles. The van der Waals surface area contributed by atoms with Crippen LogP contribution in [0.3, 0.4) is 0 Å². The molecular weight excluding hydrogens is 210 g/mol. The number of aromatic amines is 1. The van der Waals surface area contributed by atoms with Crippen LogP contribution in [0.15, 0.2) is 35.1 Å². The smallest absolute Gasteiger partial charge is 0.290 e. The van der Waals surface area contributed by atoms with Gasteiger partial charge >= 0.3 is 0 Å². The van der Waals surface area contributed by atoms with E-state index in [1.54, 1.807) is 0 Å². The summed E-state index contributed by atoms with van der Waals surface area (Å²) in [4.78, 5) is 13.6. The molecule has 2 aromatic rings. The van der Waals surface area contributed by atoms with Crippen LogP contribution in [0.5, 0.6) is 17.2 Å². The zero-order chi connectivity index (χ0) is 11.7. The summed E-state index contributed by atoms with van der Waals surface area (Å²) in [6.45, 7) is 0. The van der Waals surface area contributed by atoms with Gasteiger partial charge < -0.3 is 20.3 Å². The number of H-pyrrole nitrogens is 1. The van der Waals surface area contributed by atoms with Crippen molar-refractivity contribution in [2.45, 2.75) is 0 Å². The van der Waals surface area contributed by atoms with E-state index in [2.05, 4.69) is 4.98 Å². The topological polar surface area (TPSA) is 93.6 Å². The van der Waals surface area contributed by atoms with E-state index in [4.69, 9.17) is 10.2 Å². The lowest BCUT2D eigenvalue weighted by molar-refractivity contribution is 0.404. The number of aromatic nitrogens is 1. The first kappa shape index (κ1) is 10.1. The van der Waals surface area contributed by atoms with Crippen LogP contribution in [0.4, 0.5) is 0 Å². The van der Waals surface area contributed by atoms with Crippen molar-refractivity contribution in [2.75, 3.05) is 0 Å². The Morgan fingerprint density at radius 2 is 1.56 bits per heavy atom. The summed E-state index contributed by atoms with van der Waals surface area (Å²) in [5.41, 5.74) is 0.371. The number of phenolic OH excluding ortho intramolecular Hbond substituents is 2. The van der Waals surface area contributed by atoms with Gasteiger partial charge in [-0.25, -0.2) is 0 Å². The molecular formula is C11H9NO4. The van der Waals surface area contributed by atoms with Crippen LogP contribution in [0.1, 0.15) is 0 Å². The fourth-order valence-electron chi connectivity index (χ4n) is 1.33. The van der Waals surface area contributed by atoms with Gasteiger partial charge in [0.1, 0.15) is 0 Å². The molecule has 0 aliphatic carbocycles. The second kappa shape index (κ2) is 3.62. The van der Waals surface area contributed by atoms with Gasteiger partial charge in [-0.05, 0) is 30.3 Å². The number of aromatic hydroxyl groups is 3. The maximum atomic E-state index is 11.1. The third kappa shape index (κ3) is 1.70. The van der Waals surface area contributed by atoms with Crippen molar-refractivity contribution >= 4 is 0 Å². The summed E-state index contributed by atoms with van der Waals surface area (Å²) < 4.78 is 0. The second-order valence-corrected chi connectivity index (χ2v) is 3.29. The van der Waals surface area contributed by atoms with Crippen molar-refractivity contribution < 1.29 is 15.3 Å². The highest BCUT2D eigenvalue weighted by molar-refractivity contribution is 5.63. The van der Waals surface area contributed by atoms with E-state index in [0.29, 0.717) is 11.3 Å². The molecule has 0 spiro atoms. The number of pyridine rings is 1. The van der Waals surface area contributed by atoms with Gasteiger partial charge in [0.25, 0.3) is 5.56 Å². The highest BCUT2D eigenvalue weighted by atomic mass is 16.3. The number of benzene rings is 1. The molecule has 0 fully saturated rings. The summed E-state index contributed by atoms with van der Waals surface area (Å²) in [7, 11) is 0. The van der Waals surface area contributed by atoms with Crippen molar-refractivity contribution in [3.8, 4) is 28.5 Å². The van der Waals surface area contributed by atoms with E-state index >= 15 is 0 Å². The zero-order valence-electron chi connectivity index (χ0n) is 8.14. The molecule has 0 saturated heterocycles.